The minimum Gasteiger partial charge on any atom is -0.399 e. The number of amides is 1. The van der Waals surface area contributed by atoms with Gasteiger partial charge in [-0.05, 0) is 24.1 Å². The van der Waals surface area contributed by atoms with E-state index in [1.165, 1.54) is 11.8 Å². The van der Waals surface area contributed by atoms with Crippen LogP contribution in [0.3, 0.4) is 0 Å². The van der Waals surface area contributed by atoms with Crippen LogP contribution in [0.1, 0.15) is 5.56 Å². The van der Waals surface area contributed by atoms with E-state index in [1.54, 1.807) is 0 Å². The lowest BCUT2D eigenvalue weighted by Crippen LogP contribution is -2.25. The smallest absolute Gasteiger partial charge is 0.239 e. The number of hydrogen-bond acceptors (Lipinski definition) is 4. The lowest BCUT2D eigenvalue weighted by atomic mass is 10.1. The molecule has 1 aromatic rings. The number of carbonyl (C=O) groups is 1. The van der Waals surface area contributed by atoms with Crippen molar-refractivity contribution in [1.29, 1.82) is 0 Å². The third kappa shape index (κ3) is 2.49. The Morgan fingerprint density at radius 2 is 2.33 bits per heavy atom. The minimum atomic E-state index is -0.112. The molecule has 0 saturated carbocycles. The summed E-state index contributed by atoms with van der Waals surface area (Å²) < 4.78 is 0.564. The van der Waals surface area contributed by atoms with Gasteiger partial charge >= 0.3 is 0 Å². The number of nitrogens with one attached hydrogen (secondary N) is 1. The number of nitrogens with two attached hydrogens (primary N) is 1. The molecule has 1 unspecified atom stereocenters. The van der Waals surface area contributed by atoms with Crippen molar-refractivity contribution in [3.63, 3.8) is 0 Å². The van der Waals surface area contributed by atoms with Gasteiger partial charge in [0.05, 0.1) is 5.25 Å². The van der Waals surface area contributed by atoms with Gasteiger partial charge in [-0.15, -0.1) is 0 Å². The molecule has 3 nitrogen and oxygen atoms in total. The molecule has 1 saturated heterocycles. The molecule has 0 aromatic heterocycles. The molecule has 0 spiro atoms. The van der Waals surface area contributed by atoms with E-state index in [0.717, 1.165) is 11.3 Å². The second kappa shape index (κ2) is 4.20. The van der Waals surface area contributed by atoms with Gasteiger partial charge in [-0.3, -0.25) is 4.79 Å². The van der Waals surface area contributed by atoms with E-state index in [0.29, 0.717) is 10.7 Å². The maximum atomic E-state index is 11.4. The molecule has 0 bridgehead atoms. The van der Waals surface area contributed by atoms with Gasteiger partial charge in [-0.1, -0.05) is 36.1 Å². The summed E-state index contributed by atoms with van der Waals surface area (Å²) in [6.45, 7) is 0. The summed E-state index contributed by atoms with van der Waals surface area (Å²) in [4.78, 5) is 11.4. The summed E-state index contributed by atoms with van der Waals surface area (Å²) in [6.07, 6.45) is 0.668. The highest BCUT2D eigenvalue weighted by Crippen LogP contribution is 2.23. The second-order valence-electron chi connectivity index (χ2n) is 3.33. The Balaban J connectivity index is 2.09. The summed E-state index contributed by atoms with van der Waals surface area (Å²) in [5.41, 5.74) is 7.44. The van der Waals surface area contributed by atoms with Gasteiger partial charge in [0, 0.05) is 5.69 Å². The van der Waals surface area contributed by atoms with E-state index >= 15 is 0 Å². The van der Waals surface area contributed by atoms with E-state index in [2.05, 4.69) is 5.32 Å². The Morgan fingerprint density at radius 3 is 2.93 bits per heavy atom. The van der Waals surface area contributed by atoms with Crippen LogP contribution in [0, 0.1) is 0 Å². The van der Waals surface area contributed by atoms with E-state index in [4.69, 9.17) is 18.0 Å². The molecule has 15 heavy (non-hydrogen) atoms. The molecular formula is C10H10N2OS2. The second-order valence-corrected chi connectivity index (χ2v) is 5.21. The Kier molecular flexibility index (Phi) is 2.93. The van der Waals surface area contributed by atoms with Crippen LogP contribution in [0.4, 0.5) is 5.69 Å². The Morgan fingerprint density at radius 1 is 1.53 bits per heavy atom. The Bertz CT molecular complexity index is 420. The molecule has 2 rings (SSSR count). The number of thioether (sulfide) groups is 1. The number of rotatable bonds is 2. The molecule has 5 heteroatoms. The topological polar surface area (TPSA) is 55.1 Å². The maximum Gasteiger partial charge on any atom is 0.239 e. The predicted octanol–water partition coefficient (Wildman–Crippen LogP) is 1.33. The first-order chi connectivity index (χ1) is 7.15. The van der Waals surface area contributed by atoms with Gasteiger partial charge in [-0.25, -0.2) is 0 Å². The van der Waals surface area contributed by atoms with E-state index in [9.17, 15) is 4.79 Å². The number of hydrogen-bond donors (Lipinski definition) is 2. The van der Waals surface area contributed by atoms with Crippen molar-refractivity contribution in [2.75, 3.05) is 5.73 Å². The SMILES string of the molecule is Nc1cccc(CC2SC(=S)NC2=O)c1. The highest BCUT2D eigenvalue weighted by molar-refractivity contribution is 8.24. The molecule has 0 aliphatic carbocycles. The largest absolute Gasteiger partial charge is 0.399 e. The van der Waals surface area contributed by atoms with Crippen LogP contribution in [-0.4, -0.2) is 15.5 Å². The van der Waals surface area contributed by atoms with Gasteiger partial charge in [0.2, 0.25) is 5.91 Å². The van der Waals surface area contributed by atoms with Crippen molar-refractivity contribution in [3.05, 3.63) is 29.8 Å². The lowest BCUT2D eigenvalue weighted by Gasteiger charge is -2.05. The summed E-state index contributed by atoms with van der Waals surface area (Å²) in [5.74, 6) is -0.00701. The molecule has 3 N–H and O–H groups in total. The van der Waals surface area contributed by atoms with Crippen molar-refractivity contribution in [3.8, 4) is 0 Å². The van der Waals surface area contributed by atoms with Crippen LogP contribution in [-0.2, 0) is 11.2 Å². The van der Waals surface area contributed by atoms with Gasteiger partial charge in [0.15, 0.2) is 0 Å². The fourth-order valence-corrected chi connectivity index (χ4v) is 2.77. The quantitative estimate of drug-likeness (QED) is 0.603. The molecule has 1 atom stereocenters. The lowest BCUT2D eigenvalue weighted by molar-refractivity contribution is -0.118. The molecule has 1 aliphatic rings. The Labute approximate surface area is 97.4 Å². The average molecular weight is 238 g/mol. The van der Waals surface area contributed by atoms with Crippen molar-refractivity contribution in [2.24, 2.45) is 0 Å². The summed E-state index contributed by atoms with van der Waals surface area (Å²) in [7, 11) is 0. The summed E-state index contributed by atoms with van der Waals surface area (Å²) in [6, 6.07) is 7.57. The van der Waals surface area contributed by atoms with E-state index < -0.39 is 0 Å². The molecule has 1 amide bonds. The normalized spacial score (nSPS) is 20.4. The van der Waals surface area contributed by atoms with Gasteiger partial charge in [-0.2, -0.15) is 0 Å². The molecule has 0 radical (unpaired) electrons. The number of nitrogen functional groups attached to an aromatic ring is 1. The number of thiocarbonyl (C=S) groups is 1. The van der Waals surface area contributed by atoms with Crippen LogP contribution in [0.2, 0.25) is 0 Å². The summed E-state index contributed by atoms with van der Waals surface area (Å²) in [5, 5.41) is 2.51. The van der Waals surface area contributed by atoms with Crippen molar-refractivity contribution >= 4 is 39.9 Å². The number of anilines is 1. The van der Waals surface area contributed by atoms with Crippen LogP contribution < -0.4 is 11.1 Å². The fraction of sp³-hybridized carbons (Fsp3) is 0.200. The third-order valence-electron chi connectivity index (χ3n) is 2.14. The fourth-order valence-electron chi connectivity index (χ4n) is 1.46. The minimum absolute atomic E-state index is 0.00701. The first kappa shape index (κ1) is 10.4. The molecule has 1 heterocycles. The van der Waals surface area contributed by atoms with Gasteiger partial charge < -0.3 is 11.1 Å². The average Bonchev–Trinajstić information content (AvgIpc) is 2.45. The first-order valence-corrected chi connectivity index (χ1v) is 5.80. The van der Waals surface area contributed by atoms with Crippen molar-refractivity contribution in [1.82, 2.24) is 5.32 Å². The van der Waals surface area contributed by atoms with Crippen molar-refractivity contribution < 1.29 is 4.79 Å². The van der Waals surface area contributed by atoms with Gasteiger partial charge in [0.1, 0.15) is 4.32 Å². The number of carbonyl (C=O) groups excluding carboxylic acids is 1. The standard InChI is InChI=1S/C10H10N2OS2/c11-7-3-1-2-6(4-7)5-8-9(13)12-10(14)15-8/h1-4,8H,5,11H2,(H,12,13,14). The van der Waals surface area contributed by atoms with Crippen LogP contribution in [0.5, 0.6) is 0 Å². The number of benzene rings is 1. The zero-order chi connectivity index (χ0) is 10.8. The van der Waals surface area contributed by atoms with E-state index in [1.807, 2.05) is 24.3 Å². The molecule has 1 aliphatic heterocycles. The van der Waals surface area contributed by atoms with Crippen molar-refractivity contribution in [2.45, 2.75) is 11.7 Å². The molecular weight excluding hydrogens is 228 g/mol. The monoisotopic (exact) mass is 238 g/mol. The van der Waals surface area contributed by atoms with Crippen LogP contribution in [0.25, 0.3) is 0 Å². The highest BCUT2D eigenvalue weighted by Gasteiger charge is 2.28. The molecule has 78 valence electrons. The predicted molar refractivity (Wildman–Crippen MR) is 66.7 cm³/mol. The highest BCUT2D eigenvalue weighted by atomic mass is 32.2. The van der Waals surface area contributed by atoms with Gasteiger partial charge in [0.25, 0.3) is 0 Å². The van der Waals surface area contributed by atoms with E-state index in [-0.39, 0.29) is 11.2 Å². The summed E-state index contributed by atoms with van der Waals surface area (Å²) >= 11 is 6.33. The maximum absolute atomic E-state index is 11.4. The van der Waals surface area contributed by atoms with Crippen LogP contribution in [0.15, 0.2) is 24.3 Å². The third-order valence-corrected chi connectivity index (χ3v) is 3.51. The zero-order valence-corrected chi connectivity index (χ0v) is 9.53. The molecule has 1 aromatic carbocycles. The molecule has 1 fully saturated rings. The Hall–Kier alpha value is -1.07. The zero-order valence-electron chi connectivity index (χ0n) is 7.90. The van der Waals surface area contributed by atoms with Crippen LogP contribution >= 0.6 is 24.0 Å². The first-order valence-electron chi connectivity index (χ1n) is 4.51.